The first-order valence-corrected chi connectivity index (χ1v) is 8.65. The van der Waals surface area contributed by atoms with Crippen molar-refractivity contribution in [3.63, 3.8) is 0 Å². The lowest BCUT2D eigenvalue weighted by atomic mass is 10.2. The van der Waals surface area contributed by atoms with Crippen molar-refractivity contribution in [2.45, 2.75) is 12.6 Å². The van der Waals surface area contributed by atoms with Crippen LogP contribution in [0.15, 0.2) is 42.6 Å². The fourth-order valence-electron chi connectivity index (χ4n) is 2.87. The molecule has 6 nitrogen and oxygen atoms in total. The molecule has 27 heavy (non-hydrogen) atoms. The summed E-state index contributed by atoms with van der Waals surface area (Å²) in [6.45, 7) is 2.82. The maximum Gasteiger partial charge on any atom is 0.433 e. The molecule has 0 aromatic carbocycles. The van der Waals surface area contributed by atoms with Gasteiger partial charge in [0.25, 0.3) is 0 Å². The maximum absolute atomic E-state index is 12.7. The van der Waals surface area contributed by atoms with Crippen molar-refractivity contribution in [3.05, 3.63) is 48.3 Å². The Hall–Kier alpha value is -2.84. The Morgan fingerprint density at radius 3 is 2.52 bits per heavy atom. The van der Waals surface area contributed by atoms with Crippen LogP contribution in [0.5, 0.6) is 0 Å². The fraction of sp³-hybridized carbons (Fsp3) is 0.389. The highest BCUT2D eigenvalue weighted by Gasteiger charge is 2.32. The Bertz CT molecular complexity index is 761. The molecule has 0 aliphatic carbocycles. The van der Waals surface area contributed by atoms with E-state index in [9.17, 15) is 18.0 Å². The predicted octanol–water partition coefficient (Wildman–Crippen LogP) is 2.65. The molecule has 0 atom stereocenters. The molecule has 0 saturated carbocycles. The third-order valence-electron chi connectivity index (χ3n) is 4.29. The highest BCUT2D eigenvalue weighted by molar-refractivity contribution is 5.77. The molecule has 1 aliphatic rings. The lowest BCUT2D eigenvalue weighted by Crippen LogP contribution is -2.49. The van der Waals surface area contributed by atoms with Crippen LogP contribution in [-0.2, 0) is 11.0 Å². The first-order chi connectivity index (χ1) is 12.9. The van der Waals surface area contributed by atoms with Crippen LogP contribution < -0.4 is 10.2 Å². The second kappa shape index (κ2) is 8.24. The van der Waals surface area contributed by atoms with Gasteiger partial charge in [-0.1, -0.05) is 12.1 Å². The van der Waals surface area contributed by atoms with E-state index in [2.05, 4.69) is 20.2 Å². The summed E-state index contributed by atoms with van der Waals surface area (Å²) in [6.07, 6.45) is -2.55. The summed E-state index contributed by atoms with van der Waals surface area (Å²) >= 11 is 0. The van der Waals surface area contributed by atoms with Crippen molar-refractivity contribution in [2.24, 2.45) is 0 Å². The van der Waals surface area contributed by atoms with E-state index in [1.165, 1.54) is 12.1 Å². The van der Waals surface area contributed by atoms with E-state index in [-0.39, 0.29) is 24.7 Å². The topological polar surface area (TPSA) is 61.4 Å². The quantitative estimate of drug-likeness (QED) is 0.866. The number of hydrogen-bond donors (Lipinski definition) is 1. The monoisotopic (exact) mass is 379 g/mol. The van der Waals surface area contributed by atoms with Gasteiger partial charge in [-0.05, 0) is 24.3 Å². The van der Waals surface area contributed by atoms with Crippen LogP contribution in [0.2, 0.25) is 0 Å². The van der Waals surface area contributed by atoms with E-state index in [0.717, 1.165) is 11.9 Å². The molecule has 144 valence electrons. The zero-order valence-corrected chi connectivity index (χ0v) is 14.6. The Morgan fingerprint density at radius 2 is 1.85 bits per heavy atom. The second-order valence-electron chi connectivity index (χ2n) is 6.14. The zero-order chi connectivity index (χ0) is 19.3. The highest BCUT2D eigenvalue weighted by atomic mass is 19.4. The standard InChI is InChI=1S/C18H20F3N5O/c19-18(20,21)14-4-3-5-15(24-14)22-9-7-17(27)26-12-10-25(11-13-26)16-6-1-2-8-23-16/h1-6,8H,7,9-13H2,(H,22,24). The van der Waals surface area contributed by atoms with Gasteiger partial charge in [0.15, 0.2) is 0 Å². The first kappa shape index (κ1) is 18.9. The Labute approximate surface area is 155 Å². The molecule has 3 heterocycles. The van der Waals surface area contributed by atoms with Crippen LogP contribution in [0.25, 0.3) is 0 Å². The van der Waals surface area contributed by atoms with Gasteiger partial charge in [-0.3, -0.25) is 4.79 Å². The minimum Gasteiger partial charge on any atom is -0.370 e. The molecule has 0 spiro atoms. The number of carbonyl (C=O) groups is 1. The molecule has 1 saturated heterocycles. The summed E-state index contributed by atoms with van der Waals surface area (Å²) in [6, 6.07) is 9.37. The number of rotatable bonds is 5. The van der Waals surface area contributed by atoms with Crippen LogP contribution in [0.4, 0.5) is 24.8 Å². The number of nitrogens with zero attached hydrogens (tertiary/aromatic N) is 4. The van der Waals surface area contributed by atoms with Gasteiger partial charge in [-0.2, -0.15) is 13.2 Å². The lowest BCUT2D eigenvalue weighted by Gasteiger charge is -2.35. The van der Waals surface area contributed by atoms with Gasteiger partial charge in [0.2, 0.25) is 5.91 Å². The maximum atomic E-state index is 12.7. The summed E-state index contributed by atoms with van der Waals surface area (Å²) in [5.41, 5.74) is -0.954. The van der Waals surface area contributed by atoms with Crippen LogP contribution in [-0.4, -0.2) is 53.5 Å². The van der Waals surface area contributed by atoms with E-state index in [1.54, 1.807) is 11.1 Å². The van der Waals surface area contributed by atoms with Crippen LogP contribution >= 0.6 is 0 Å². The second-order valence-corrected chi connectivity index (χ2v) is 6.14. The summed E-state index contributed by atoms with van der Waals surface area (Å²) in [5.74, 6) is 0.967. The summed E-state index contributed by atoms with van der Waals surface area (Å²) in [4.78, 5) is 24.0. The molecule has 1 amide bonds. The fourth-order valence-corrected chi connectivity index (χ4v) is 2.87. The average molecular weight is 379 g/mol. The number of aromatic nitrogens is 2. The third kappa shape index (κ3) is 5.08. The van der Waals surface area contributed by atoms with Gasteiger partial charge in [-0.25, -0.2) is 9.97 Å². The summed E-state index contributed by atoms with van der Waals surface area (Å²) in [5, 5.41) is 2.78. The van der Waals surface area contributed by atoms with Crippen molar-refractivity contribution in [1.29, 1.82) is 0 Å². The number of pyridine rings is 2. The third-order valence-corrected chi connectivity index (χ3v) is 4.29. The molecule has 2 aromatic rings. The number of piperazine rings is 1. The zero-order valence-electron chi connectivity index (χ0n) is 14.6. The minimum absolute atomic E-state index is 0.0323. The Balaban J connectivity index is 1.44. The van der Waals surface area contributed by atoms with E-state index in [4.69, 9.17) is 0 Å². The molecule has 1 aliphatic heterocycles. The van der Waals surface area contributed by atoms with Crippen molar-refractivity contribution in [1.82, 2.24) is 14.9 Å². The largest absolute Gasteiger partial charge is 0.433 e. The molecule has 2 aromatic heterocycles. The SMILES string of the molecule is O=C(CCNc1cccc(C(F)(F)F)n1)N1CCN(c2ccccn2)CC1. The number of carbonyl (C=O) groups excluding carboxylic acids is 1. The van der Waals surface area contributed by atoms with Gasteiger partial charge >= 0.3 is 6.18 Å². The molecule has 0 bridgehead atoms. The molecule has 0 radical (unpaired) electrons. The van der Waals surface area contributed by atoms with Gasteiger partial charge < -0.3 is 15.1 Å². The summed E-state index contributed by atoms with van der Waals surface area (Å²) < 4.78 is 38.0. The number of halogens is 3. The van der Waals surface area contributed by atoms with E-state index in [1.807, 2.05) is 18.2 Å². The molecular formula is C18H20F3N5O. The molecule has 0 unspecified atom stereocenters. The number of hydrogen-bond acceptors (Lipinski definition) is 5. The van der Waals surface area contributed by atoms with Crippen molar-refractivity contribution >= 4 is 17.5 Å². The van der Waals surface area contributed by atoms with Crippen LogP contribution in [0.3, 0.4) is 0 Å². The smallest absolute Gasteiger partial charge is 0.370 e. The predicted molar refractivity (Wildman–Crippen MR) is 95.4 cm³/mol. The number of alkyl halides is 3. The molecule has 9 heteroatoms. The molecule has 1 fully saturated rings. The van der Waals surface area contributed by atoms with E-state index >= 15 is 0 Å². The Morgan fingerprint density at radius 1 is 1.07 bits per heavy atom. The normalized spacial score (nSPS) is 14.9. The Kier molecular flexibility index (Phi) is 5.78. The van der Waals surface area contributed by atoms with Crippen molar-refractivity contribution in [3.8, 4) is 0 Å². The van der Waals surface area contributed by atoms with Crippen LogP contribution in [0, 0.1) is 0 Å². The number of amides is 1. The van der Waals surface area contributed by atoms with Gasteiger partial charge in [0.05, 0.1) is 0 Å². The minimum atomic E-state index is -4.49. The molecular weight excluding hydrogens is 359 g/mol. The van der Waals surface area contributed by atoms with E-state index in [0.29, 0.717) is 26.2 Å². The lowest BCUT2D eigenvalue weighted by molar-refractivity contribution is -0.141. The molecule has 3 rings (SSSR count). The average Bonchev–Trinajstić information content (AvgIpc) is 2.68. The summed E-state index contributed by atoms with van der Waals surface area (Å²) in [7, 11) is 0. The van der Waals surface area contributed by atoms with Gasteiger partial charge in [-0.15, -0.1) is 0 Å². The van der Waals surface area contributed by atoms with Gasteiger partial charge in [0.1, 0.15) is 17.3 Å². The van der Waals surface area contributed by atoms with E-state index < -0.39 is 11.9 Å². The first-order valence-electron chi connectivity index (χ1n) is 8.65. The number of nitrogens with one attached hydrogen (secondary N) is 1. The highest BCUT2D eigenvalue weighted by Crippen LogP contribution is 2.28. The van der Waals surface area contributed by atoms with Crippen molar-refractivity contribution in [2.75, 3.05) is 42.9 Å². The van der Waals surface area contributed by atoms with Gasteiger partial charge in [0, 0.05) is 45.3 Å². The number of anilines is 2. The van der Waals surface area contributed by atoms with Crippen molar-refractivity contribution < 1.29 is 18.0 Å². The van der Waals surface area contributed by atoms with Crippen LogP contribution in [0.1, 0.15) is 12.1 Å². The molecule has 1 N–H and O–H groups in total.